The highest BCUT2D eigenvalue weighted by atomic mass is 32.1. The number of nitrogen functional groups attached to an aromatic ring is 1. The highest BCUT2D eigenvalue weighted by molar-refractivity contribution is 7.19. The first-order valence-electron chi connectivity index (χ1n) is 5.93. The van der Waals surface area contributed by atoms with E-state index in [-0.39, 0.29) is 10.6 Å². The number of nitriles is 1. The van der Waals surface area contributed by atoms with Crippen LogP contribution in [0.1, 0.15) is 41.9 Å². The van der Waals surface area contributed by atoms with Gasteiger partial charge in [0.1, 0.15) is 21.5 Å². The molecule has 0 saturated heterocycles. The first kappa shape index (κ1) is 14.3. The highest BCUT2D eigenvalue weighted by Crippen LogP contribution is 2.37. The zero-order valence-electron chi connectivity index (χ0n) is 10.7. The van der Waals surface area contributed by atoms with Gasteiger partial charge in [-0.05, 0) is 12.8 Å². The SMILES string of the molecule is CCCN(CCC)c1sc(C(N)=O)c(N)c1C#N. The second kappa shape index (κ2) is 6.26. The Hall–Kier alpha value is -1.74. The van der Waals surface area contributed by atoms with E-state index in [4.69, 9.17) is 11.5 Å². The fourth-order valence-corrected chi connectivity index (χ4v) is 2.88. The molecule has 0 aliphatic carbocycles. The van der Waals surface area contributed by atoms with Crippen molar-refractivity contribution in [2.75, 3.05) is 23.7 Å². The molecule has 0 aromatic carbocycles. The van der Waals surface area contributed by atoms with Gasteiger partial charge in [0.2, 0.25) is 0 Å². The maximum absolute atomic E-state index is 11.3. The Balaban J connectivity index is 3.25. The van der Waals surface area contributed by atoms with E-state index in [1.807, 2.05) is 0 Å². The summed E-state index contributed by atoms with van der Waals surface area (Å²) in [4.78, 5) is 13.6. The monoisotopic (exact) mass is 266 g/mol. The van der Waals surface area contributed by atoms with Crippen LogP contribution in [-0.4, -0.2) is 19.0 Å². The number of hydrogen-bond donors (Lipinski definition) is 2. The lowest BCUT2D eigenvalue weighted by Gasteiger charge is -2.22. The lowest BCUT2D eigenvalue weighted by molar-refractivity contribution is 0.100. The Bertz CT molecular complexity index is 469. The number of primary amides is 1. The molecule has 98 valence electrons. The molecule has 4 N–H and O–H groups in total. The Morgan fingerprint density at radius 2 is 1.94 bits per heavy atom. The molecule has 1 aromatic heterocycles. The third-order valence-corrected chi connectivity index (χ3v) is 3.82. The number of anilines is 2. The van der Waals surface area contributed by atoms with Crippen LogP contribution in [0, 0.1) is 11.3 Å². The minimum atomic E-state index is -0.576. The zero-order valence-corrected chi connectivity index (χ0v) is 11.5. The summed E-state index contributed by atoms with van der Waals surface area (Å²) in [5.74, 6) is -0.576. The van der Waals surface area contributed by atoms with Gasteiger partial charge in [-0.25, -0.2) is 0 Å². The Kier molecular flexibility index (Phi) is 4.98. The van der Waals surface area contributed by atoms with Crippen LogP contribution in [0.25, 0.3) is 0 Å². The van der Waals surface area contributed by atoms with Gasteiger partial charge in [0, 0.05) is 13.1 Å². The number of amides is 1. The van der Waals surface area contributed by atoms with E-state index in [1.165, 1.54) is 11.3 Å². The number of hydrogen-bond acceptors (Lipinski definition) is 5. The van der Waals surface area contributed by atoms with E-state index < -0.39 is 5.91 Å². The highest BCUT2D eigenvalue weighted by Gasteiger charge is 2.22. The maximum atomic E-state index is 11.3. The second-order valence-electron chi connectivity index (χ2n) is 3.99. The average Bonchev–Trinajstić information content (AvgIpc) is 2.66. The Morgan fingerprint density at radius 1 is 1.39 bits per heavy atom. The van der Waals surface area contributed by atoms with Crippen LogP contribution in [0.2, 0.25) is 0 Å². The summed E-state index contributed by atoms with van der Waals surface area (Å²) in [6.07, 6.45) is 1.93. The van der Waals surface area contributed by atoms with Crippen LogP contribution in [0.4, 0.5) is 10.7 Å². The van der Waals surface area contributed by atoms with Gasteiger partial charge in [0.25, 0.3) is 5.91 Å². The van der Waals surface area contributed by atoms with Crippen molar-refractivity contribution in [3.05, 3.63) is 10.4 Å². The average molecular weight is 266 g/mol. The molecular formula is C12H18N4OS. The van der Waals surface area contributed by atoms with Gasteiger partial charge in [-0.1, -0.05) is 13.8 Å². The number of nitrogens with two attached hydrogens (primary N) is 2. The van der Waals surface area contributed by atoms with Crippen molar-refractivity contribution in [1.82, 2.24) is 0 Å². The summed E-state index contributed by atoms with van der Waals surface area (Å²) < 4.78 is 0. The minimum absolute atomic E-state index is 0.210. The summed E-state index contributed by atoms with van der Waals surface area (Å²) in [5, 5.41) is 9.93. The molecule has 0 aliphatic heterocycles. The molecule has 0 bridgehead atoms. The smallest absolute Gasteiger partial charge is 0.261 e. The first-order chi connectivity index (χ1) is 8.56. The first-order valence-corrected chi connectivity index (χ1v) is 6.75. The van der Waals surface area contributed by atoms with Crippen LogP contribution < -0.4 is 16.4 Å². The number of carbonyl (C=O) groups is 1. The largest absolute Gasteiger partial charge is 0.396 e. The van der Waals surface area contributed by atoms with E-state index in [1.54, 1.807) is 0 Å². The van der Waals surface area contributed by atoms with Crippen molar-refractivity contribution in [1.29, 1.82) is 5.26 Å². The van der Waals surface area contributed by atoms with Gasteiger partial charge >= 0.3 is 0 Å². The minimum Gasteiger partial charge on any atom is -0.396 e. The molecule has 0 spiro atoms. The summed E-state index contributed by atoms with van der Waals surface area (Å²) in [6.45, 7) is 5.81. The topological polar surface area (TPSA) is 96.1 Å². The van der Waals surface area contributed by atoms with Gasteiger partial charge in [0.05, 0.1) is 5.69 Å². The Labute approximate surface area is 111 Å². The van der Waals surface area contributed by atoms with Crippen LogP contribution in [0.15, 0.2) is 0 Å². The van der Waals surface area contributed by atoms with Crippen molar-refractivity contribution < 1.29 is 4.79 Å². The van der Waals surface area contributed by atoms with Crippen LogP contribution >= 0.6 is 11.3 Å². The molecule has 0 saturated carbocycles. The number of thiophene rings is 1. The van der Waals surface area contributed by atoms with E-state index in [9.17, 15) is 10.1 Å². The summed E-state index contributed by atoms with van der Waals surface area (Å²) in [7, 11) is 0. The van der Waals surface area contributed by atoms with E-state index >= 15 is 0 Å². The van der Waals surface area contributed by atoms with Gasteiger partial charge in [-0.15, -0.1) is 11.3 Å². The third kappa shape index (κ3) is 2.74. The van der Waals surface area contributed by atoms with Gasteiger partial charge in [-0.3, -0.25) is 4.79 Å². The third-order valence-electron chi connectivity index (χ3n) is 2.54. The van der Waals surface area contributed by atoms with Crippen LogP contribution in [-0.2, 0) is 0 Å². The number of nitrogens with zero attached hydrogens (tertiary/aromatic N) is 2. The summed E-state index contributed by atoms with van der Waals surface area (Å²) >= 11 is 1.21. The summed E-state index contributed by atoms with van der Waals surface area (Å²) in [6, 6.07) is 2.07. The van der Waals surface area contributed by atoms with Crippen molar-refractivity contribution in [2.45, 2.75) is 26.7 Å². The van der Waals surface area contributed by atoms with Crippen LogP contribution in [0.3, 0.4) is 0 Å². The zero-order chi connectivity index (χ0) is 13.7. The molecule has 1 heterocycles. The molecular weight excluding hydrogens is 248 g/mol. The molecule has 0 fully saturated rings. The van der Waals surface area contributed by atoms with E-state index in [2.05, 4.69) is 24.8 Å². The molecule has 1 rings (SSSR count). The quantitative estimate of drug-likeness (QED) is 0.822. The maximum Gasteiger partial charge on any atom is 0.261 e. The fourth-order valence-electron chi connectivity index (χ4n) is 1.80. The van der Waals surface area contributed by atoms with Crippen LogP contribution in [0.5, 0.6) is 0 Å². The predicted octanol–water partition coefficient (Wildman–Crippen LogP) is 1.93. The van der Waals surface area contributed by atoms with Crippen molar-refractivity contribution in [3.8, 4) is 6.07 Å². The molecule has 1 amide bonds. The Morgan fingerprint density at radius 3 is 2.33 bits per heavy atom. The molecule has 0 aliphatic rings. The van der Waals surface area contributed by atoms with Crippen molar-refractivity contribution in [2.24, 2.45) is 5.73 Å². The molecule has 0 atom stereocenters. The lowest BCUT2D eigenvalue weighted by Crippen LogP contribution is -2.24. The van der Waals surface area contributed by atoms with E-state index in [0.29, 0.717) is 5.56 Å². The van der Waals surface area contributed by atoms with Crippen molar-refractivity contribution >= 4 is 27.9 Å². The lowest BCUT2D eigenvalue weighted by atomic mass is 10.2. The fraction of sp³-hybridized carbons (Fsp3) is 0.500. The number of carbonyl (C=O) groups excluding carboxylic acids is 1. The molecule has 1 aromatic rings. The normalized spacial score (nSPS) is 10.1. The molecule has 0 radical (unpaired) electrons. The van der Waals surface area contributed by atoms with Gasteiger partial charge in [-0.2, -0.15) is 5.26 Å². The summed E-state index contributed by atoms with van der Waals surface area (Å²) in [5.41, 5.74) is 11.7. The molecule has 5 nitrogen and oxygen atoms in total. The van der Waals surface area contributed by atoms with Crippen molar-refractivity contribution in [3.63, 3.8) is 0 Å². The van der Waals surface area contributed by atoms with Gasteiger partial charge in [0.15, 0.2) is 0 Å². The van der Waals surface area contributed by atoms with Gasteiger partial charge < -0.3 is 16.4 Å². The standard InChI is InChI=1S/C12H18N4OS/c1-3-5-16(6-4-2)12-8(7-13)9(14)10(18-12)11(15)17/h3-6,14H2,1-2H3,(H2,15,17). The molecule has 0 unspecified atom stereocenters. The predicted molar refractivity (Wildman–Crippen MR) is 74.8 cm³/mol. The van der Waals surface area contributed by atoms with E-state index in [0.717, 1.165) is 30.9 Å². The number of rotatable bonds is 6. The second-order valence-corrected chi connectivity index (χ2v) is 4.99. The molecule has 18 heavy (non-hydrogen) atoms. The molecule has 6 heteroatoms.